The third kappa shape index (κ3) is 1.51. The highest BCUT2D eigenvalue weighted by molar-refractivity contribution is 9.10. The van der Waals surface area contributed by atoms with E-state index in [9.17, 15) is 19.2 Å². The summed E-state index contributed by atoms with van der Waals surface area (Å²) in [7, 11) is 0. The number of hydrogen-bond donors (Lipinski definition) is 3. The Bertz CT molecular complexity index is 995. The van der Waals surface area contributed by atoms with Crippen LogP contribution >= 0.6 is 15.9 Å². The average molecular weight is 388 g/mol. The molecule has 4 amide bonds. The maximum atomic E-state index is 12.4. The molecule has 8 heteroatoms. The van der Waals surface area contributed by atoms with Gasteiger partial charge in [0.05, 0.1) is 23.7 Å². The summed E-state index contributed by atoms with van der Waals surface area (Å²) in [6.45, 7) is 0. The van der Waals surface area contributed by atoms with Crippen LogP contribution in [0.15, 0.2) is 22.7 Å². The summed E-state index contributed by atoms with van der Waals surface area (Å²) in [6.07, 6.45) is 0. The fourth-order valence-electron chi connectivity index (χ4n) is 4.35. The van der Waals surface area contributed by atoms with Crippen molar-refractivity contribution in [1.29, 1.82) is 0 Å². The number of imide groups is 2. The van der Waals surface area contributed by atoms with E-state index in [4.69, 9.17) is 0 Å². The summed E-state index contributed by atoms with van der Waals surface area (Å²) < 4.78 is 0.848. The van der Waals surface area contributed by atoms with E-state index in [2.05, 4.69) is 31.5 Å². The number of rotatable bonds is 0. The van der Waals surface area contributed by atoms with E-state index in [0.29, 0.717) is 11.3 Å². The van der Waals surface area contributed by atoms with Gasteiger partial charge in [0, 0.05) is 21.1 Å². The first-order chi connectivity index (χ1) is 11.5. The van der Waals surface area contributed by atoms with Gasteiger partial charge < -0.3 is 4.98 Å². The van der Waals surface area contributed by atoms with Gasteiger partial charge >= 0.3 is 0 Å². The Labute approximate surface area is 143 Å². The third-order valence-corrected chi connectivity index (χ3v) is 5.71. The van der Waals surface area contributed by atoms with E-state index in [1.807, 2.05) is 18.2 Å². The third-order valence-electron chi connectivity index (χ3n) is 5.22. The number of aromatic amines is 1. The molecule has 3 heterocycles. The average Bonchev–Trinajstić information content (AvgIpc) is 3.11. The van der Waals surface area contributed by atoms with Crippen molar-refractivity contribution >= 4 is 50.5 Å². The van der Waals surface area contributed by atoms with Crippen LogP contribution in [0.4, 0.5) is 0 Å². The number of carbonyl (C=O) groups is 4. The van der Waals surface area contributed by atoms with Crippen molar-refractivity contribution in [2.75, 3.05) is 0 Å². The molecule has 2 saturated heterocycles. The second-order valence-electron chi connectivity index (χ2n) is 6.36. The second kappa shape index (κ2) is 4.32. The van der Waals surface area contributed by atoms with Crippen LogP contribution in [0, 0.1) is 11.8 Å². The Balaban J connectivity index is 1.87. The molecule has 0 saturated carbocycles. The number of fused-ring (bicyclic) bond motifs is 8. The van der Waals surface area contributed by atoms with E-state index >= 15 is 0 Å². The minimum Gasteiger partial charge on any atom is -0.357 e. The molecule has 2 aromatic rings. The van der Waals surface area contributed by atoms with E-state index in [1.165, 1.54) is 0 Å². The maximum Gasteiger partial charge on any atom is 0.236 e. The maximum absolute atomic E-state index is 12.4. The highest BCUT2D eigenvalue weighted by atomic mass is 79.9. The summed E-state index contributed by atoms with van der Waals surface area (Å²) in [5.41, 5.74) is 1.97. The van der Waals surface area contributed by atoms with Crippen molar-refractivity contribution in [3.05, 3.63) is 33.9 Å². The lowest BCUT2D eigenvalue weighted by Gasteiger charge is -2.30. The number of halogens is 1. The molecule has 120 valence electrons. The molecule has 1 aromatic carbocycles. The van der Waals surface area contributed by atoms with Gasteiger partial charge in [0.1, 0.15) is 0 Å². The van der Waals surface area contributed by atoms with Gasteiger partial charge in [-0.1, -0.05) is 22.0 Å². The van der Waals surface area contributed by atoms with Crippen molar-refractivity contribution < 1.29 is 19.2 Å². The molecule has 1 aliphatic carbocycles. The van der Waals surface area contributed by atoms with Gasteiger partial charge in [-0.15, -0.1) is 0 Å². The molecular weight excluding hydrogens is 378 g/mol. The van der Waals surface area contributed by atoms with E-state index in [0.717, 1.165) is 15.4 Å². The molecule has 2 aliphatic heterocycles. The topological polar surface area (TPSA) is 108 Å². The highest BCUT2D eigenvalue weighted by Gasteiger charge is 2.61. The zero-order valence-corrected chi connectivity index (χ0v) is 13.6. The summed E-state index contributed by atoms with van der Waals surface area (Å²) in [5, 5.41) is 5.42. The van der Waals surface area contributed by atoms with Crippen LogP contribution in [0.2, 0.25) is 0 Å². The Kier molecular flexibility index (Phi) is 2.51. The first-order valence-electron chi connectivity index (χ1n) is 7.48. The molecule has 5 rings (SSSR count). The van der Waals surface area contributed by atoms with Crippen LogP contribution in [0.1, 0.15) is 23.1 Å². The minimum absolute atomic E-state index is 0.416. The number of benzene rings is 1. The molecule has 3 N–H and O–H groups in total. The van der Waals surface area contributed by atoms with Gasteiger partial charge in [0.15, 0.2) is 0 Å². The van der Waals surface area contributed by atoms with Gasteiger partial charge in [-0.3, -0.25) is 29.8 Å². The summed E-state index contributed by atoms with van der Waals surface area (Å²) in [6, 6.07) is 5.53. The second-order valence-corrected chi connectivity index (χ2v) is 7.27. The number of nitrogens with one attached hydrogen (secondary N) is 3. The molecule has 0 bridgehead atoms. The van der Waals surface area contributed by atoms with Gasteiger partial charge in [0.25, 0.3) is 0 Å². The molecule has 4 unspecified atom stereocenters. The van der Waals surface area contributed by atoms with Crippen molar-refractivity contribution in [1.82, 2.24) is 15.6 Å². The molecule has 24 heavy (non-hydrogen) atoms. The molecular formula is C16H10BrN3O4. The highest BCUT2D eigenvalue weighted by Crippen LogP contribution is 2.53. The Morgan fingerprint density at radius 3 is 2.17 bits per heavy atom. The van der Waals surface area contributed by atoms with Crippen molar-refractivity contribution in [2.45, 2.75) is 11.8 Å². The summed E-state index contributed by atoms with van der Waals surface area (Å²) in [5.74, 6) is -5.03. The number of amides is 4. The molecule has 7 nitrogen and oxygen atoms in total. The normalized spacial score (nSPS) is 30.9. The van der Waals surface area contributed by atoms with Gasteiger partial charge in [-0.05, 0) is 17.7 Å². The van der Waals surface area contributed by atoms with Crippen molar-refractivity contribution in [2.24, 2.45) is 11.8 Å². The molecule has 2 fully saturated rings. The fraction of sp³-hybridized carbons (Fsp3) is 0.250. The van der Waals surface area contributed by atoms with Crippen LogP contribution in [0.3, 0.4) is 0 Å². The first kappa shape index (κ1) is 13.9. The van der Waals surface area contributed by atoms with Crippen LogP contribution in [-0.4, -0.2) is 28.6 Å². The van der Waals surface area contributed by atoms with Gasteiger partial charge in [-0.25, -0.2) is 0 Å². The molecule has 0 radical (unpaired) electrons. The van der Waals surface area contributed by atoms with Crippen LogP contribution < -0.4 is 10.6 Å². The Hall–Kier alpha value is -2.48. The van der Waals surface area contributed by atoms with E-state index in [-0.39, 0.29) is 0 Å². The lowest BCUT2D eigenvalue weighted by Crippen LogP contribution is -2.37. The SMILES string of the molecule is O=C1NC(=O)C2C1c1[nH]c3cc(Br)ccc3c1C1C(=O)NC(=O)C12. The zero-order chi connectivity index (χ0) is 16.7. The molecule has 4 atom stereocenters. The molecule has 3 aliphatic rings. The van der Waals surface area contributed by atoms with Crippen LogP contribution in [0.5, 0.6) is 0 Å². The van der Waals surface area contributed by atoms with Crippen LogP contribution in [0.25, 0.3) is 10.9 Å². The lowest BCUT2D eigenvalue weighted by molar-refractivity contribution is -0.132. The first-order valence-corrected chi connectivity index (χ1v) is 8.27. The van der Waals surface area contributed by atoms with Gasteiger partial charge in [0.2, 0.25) is 23.6 Å². The monoisotopic (exact) mass is 387 g/mol. The van der Waals surface area contributed by atoms with Crippen molar-refractivity contribution in [3.8, 4) is 0 Å². The predicted molar refractivity (Wildman–Crippen MR) is 84.8 cm³/mol. The predicted octanol–water partition coefficient (Wildman–Crippen LogP) is 0.656. The van der Waals surface area contributed by atoms with E-state index < -0.39 is 47.3 Å². The van der Waals surface area contributed by atoms with E-state index in [1.54, 1.807) is 0 Å². The molecule has 1 aromatic heterocycles. The number of H-pyrrole nitrogens is 1. The molecule has 0 spiro atoms. The van der Waals surface area contributed by atoms with Crippen LogP contribution in [-0.2, 0) is 19.2 Å². The Morgan fingerprint density at radius 2 is 1.46 bits per heavy atom. The quantitative estimate of drug-likeness (QED) is 0.576. The zero-order valence-electron chi connectivity index (χ0n) is 12.1. The largest absolute Gasteiger partial charge is 0.357 e. The minimum atomic E-state index is -0.849. The summed E-state index contributed by atoms with van der Waals surface area (Å²) >= 11 is 3.39. The number of aromatic nitrogens is 1. The fourth-order valence-corrected chi connectivity index (χ4v) is 4.71. The van der Waals surface area contributed by atoms with Gasteiger partial charge in [-0.2, -0.15) is 0 Å². The number of carbonyl (C=O) groups excluding carboxylic acids is 4. The summed E-state index contributed by atoms with van der Waals surface area (Å²) in [4.78, 5) is 52.5. The lowest BCUT2D eigenvalue weighted by atomic mass is 9.67. The standard InChI is InChI=1S/C16H10BrN3O4/c17-4-1-2-5-6(3-4)18-12-7(5)8-9(14(22)19-13(8)21)10-11(12)16(24)20-15(10)23/h1-3,8-11,18H,(H,19,21,22)(H,20,23,24). The Morgan fingerprint density at radius 1 is 0.833 bits per heavy atom. The van der Waals surface area contributed by atoms with Crippen molar-refractivity contribution in [3.63, 3.8) is 0 Å². The number of hydrogen-bond acceptors (Lipinski definition) is 4. The smallest absolute Gasteiger partial charge is 0.236 e.